The van der Waals surface area contributed by atoms with Crippen molar-refractivity contribution < 1.29 is 13.9 Å². The van der Waals surface area contributed by atoms with Gasteiger partial charge in [0.15, 0.2) is 0 Å². The van der Waals surface area contributed by atoms with E-state index in [1.54, 1.807) is 30.3 Å². The third-order valence-electron chi connectivity index (χ3n) is 5.31. The molecule has 1 fully saturated rings. The lowest BCUT2D eigenvalue weighted by Crippen LogP contribution is -2.43. The zero-order chi connectivity index (χ0) is 19.8. The van der Waals surface area contributed by atoms with Crippen molar-refractivity contribution in [2.45, 2.75) is 25.9 Å². The van der Waals surface area contributed by atoms with Crippen molar-refractivity contribution in [3.63, 3.8) is 0 Å². The molecule has 0 bridgehead atoms. The summed E-state index contributed by atoms with van der Waals surface area (Å²) in [6.07, 6.45) is 5.49. The Morgan fingerprint density at radius 2 is 2.07 bits per heavy atom. The van der Waals surface area contributed by atoms with Crippen LogP contribution in [-0.2, 0) is 22.6 Å². The normalized spacial score (nSPS) is 15.6. The van der Waals surface area contributed by atoms with Crippen LogP contribution in [0.25, 0.3) is 0 Å². The van der Waals surface area contributed by atoms with Crippen molar-refractivity contribution in [1.29, 1.82) is 0 Å². The molecule has 0 aliphatic carbocycles. The average Bonchev–Trinajstić information content (AvgIpc) is 3.21. The van der Waals surface area contributed by atoms with Gasteiger partial charge in [-0.2, -0.15) is 5.10 Å². The van der Waals surface area contributed by atoms with Crippen molar-refractivity contribution in [3.8, 4) is 0 Å². The lowest BCUT2D eigenvalue weighted by Gasteiger charge is -2.35. The van der Waals surface area contributed by atoms with Crippen LogP contribution in [0.2, 0.25) is 0 Å². The molecule has 6 nitrogen and oxygen atoms in total. The second-order valence-electron chi connectivity index (χ2n) is 7.35. The molecular formula is C21H29FN4O2. The summed E-state index contributed by atoms with van der Waals surface area (Å²) in [5, 5.41) is 4.12. The van der Waals surface area contributed by atoms with Crippen LogP contribution in [0.5, 0.6) is 0 Å². The molecule has 1 amide bonds. The number of methoxy groups -OCH3 is 1. The minimum atomic E-state index is -0.139. The first-order valence-corrected chi connectivity index (χ1v) is 9.85. The van der Waals surface area contributed by atoms with Crippen LogP contribution >= 0.6 is 0 Å². The second-order valence-corrected chi connectivity index (χ2v) is 7.35. The number of amides is 1. The minimum Gasteiger partial charge on any atom is -0.383 e. The van der Waals surface area contributed by atoms with Gasteiger partial charge in [0, 0.05) is 44.7 Å². The van der Waals surface area contributed by atoms with Gasteiger partial charge in [0.25, 0.3) is 0 Å². The van der Waals surface area contributed by atoms with E-state index in [2.05, 4.69) is 10.00 Å². The van der Waals surface area contributed by atoms with E-state index in [1.165, 1.54) is 6.07 Å². The maximum Gasteiger partial charge on any atom is 0.244 e. The summed E-state index contributed by atoms with van der Waals surface area (Å²) in [5.41, 5.74) is 0.747. The van der Waals surface area contributed by atoms with Crippen LogP contribution in [0.1, 0.15) is 18.4 Å². The molecule has 0 unspecified atom stereocenters. The van der Waals surface area contributed by atoms with E-state index in [1.807, 2.05) is 23.1 Å². The fourth-order valence-electron chi connectivity index (χ4n) is 3.66. The Morgan fingerprint density at radius 3 is 2.75 bits per heavy atom. The number of nitrogens with zero attached hydrogens (tertiary/aromatic N) is 4. The van der Waals surface area contributed by atoms with Crippen molar-refractivity contribution >= 4 is 5.91 Å². The quantitative estimate of drug-likeness (QED) is 0.662. The number of likely N-dealkylation sites (tertiary alicyclic amines) is 1. The number of piperidine rings is 1. The molecule has 1 saturated heterocycles. The molecule has 0 N–H and O–H groups in total. The van der Waals surface area contributed by atoms with Crippen molar-refractivity contribution in [1.82, 2.24) is 19.6 Å². The fourth-order valence-corrected chi connectivity index (χ4v) is 3.66. The number of carbonyl (C=O) groups excluding carboxylic acids is 1. The Bertz CT molecular complexity index is 730. The van der Waals surface area contributed by atoms with E-state index in [0.29, 0.717) is 25.6 Å². The second kappa shape index (κ2) is 10.3. The first-order valence-electron chi connectivity index (χ1n) is 9.85. The van der Waals surface area contributed by atoms with E-state index in [9.17, 15) is 9.18 Å². The largest absolute Gasteiger partial charge is 0.383 e. The molecule has 1 aliphatic heterocycles. The van der Waals surface area contributed by atoms with Crippen LogP contribution in [0.15, 0.2) is 42.7 Å². The van der Waals surface area contributed by atoms with Gasteiger partial charge in [-0.1, -0.05) is 18.2 Å². The van der Waals surface area contributed by atoms with E-state index in [-0.39, 0.29) is 18.3 Å². The highest BCUT2D eigenvalue weighted by atomic mass is 19.1. The van der Waals surface area contributed by atoms with Crippen molar-refractivity contribution in [2.24, 2.45) is 5.92 Å². The van der Waals surface area contributed by atoms with Gasteiger partial charge >= 0.3 is 0 Å². The van der Waals surface area contributed by atoms with Gasteiger partial charge < -0.3 is 9.64 Å². The summed E-state index contributed by atoms with van der Waals surface area (Å²) < 4.78 is 20.7. The highest BCUT2D eigenvalue weighted by molar-refractivity contribution is 5.75. The first kappa shape index (κ1) is 20.5. The molecule has 1 aromatic carbocycles. The maximum atomic E-state index is 13.9. The van der Waals surface area contributed by atoms with E-state index >= 15 is 0 Å². The van der Waals surface area contributed by atoms with Gasteiger partial charge in [0.1, 0.15) is 12.4 Å². The Labute approximate surface area is 165 Å². The zero-order valence-corrected chi connectivity index (χ0v) is 16.5. The van der Waals surface area contributed by atoms with E-state index in [4.69, 9.17) is 4.74 Å². The minimum absolute atomic E-state index is 0.0644. The monoisotopic (exact) mass is 388 g/mol. The number of hydrogen-bond donors (Lipinski definition) is 0. The molecule has 0 spiro atoms. The molecule has 2 aromatic rings. The summed E-state index contributed by atoms with van der Waals surface area (Å²) in [5.74, 6) is 0.379. The average molecular weight is 388 g/mol. The first-order chi connectivity index (χ1) is 13.7. The highest BCUT2D eigenvalue weighted by Crippen LogP contribution is 2.21. The number of rotatable bonds is 9. The van der Waals surface area contributed by atoms with Crippen LogP contribution in [0, 0.1) is 11.7 Å². The van der Waals surface area contributed by atoms with E-state index < -0.39 is 0 Å². The van der Waals surface area contributed by atoms with Gasteiger partial charge in [0.05, 0.1) is 6.61 Å². The molecule has 7 heteroatoms. The van der Waals surface area contributed by atoms with Gasteiger partial charge in [-0.25, -0.2) is 4.39 Å². The molecule has 0 atom stereocenters. The summed E-state index contributed by atoms with van der Waals surface area (Å²) in [4.78, 5) is 16.9. The standard InChI is InChI=1S/C21H29FN4O2/c1-28-14-13-25(21(27)17-26-10-4-9-23-26)15-18-7-11-24(12-8-18)16-19-5-2-3-6-20(19)22/h2-6,9-10,18H,7-8,11-17H2,1H3. The topological polar surface area (TPSA) is 50.6 Å². The third-order valence-corrected chi connectivity index (χ3v) is 5.31. The Morgan fingerprint density at radius 1 is 1.29 bits per heavy atom. The number of halogens is 1. The smallest absolute Gasteiger partial charge is 0.244 e. The zero-order valence-electron chi connectivity index (χ0n) is 16.5. The lowest BCUT2D eigenvalue weighted by molar-refractivity contribution is -0.133. The number of hydrogen-bond acceptors (Lipinski definition) is 4. The van der Waals surface area contributed by atoms with Crippen LogP contribution in [0.3, 0.4) is 0 Å². The molecular weight excluding hydrogens is 359 g/mol. The maximum absolute atomic E-state index is 13.9. The fraction of sp³-hybridized carbons (Fsp3) is 0.524. The van der Waals surface area contributed by atoms with Gasteiger partial charge in [-0.3, -0.25) is 14.4 Å². The molecule has 152 valence electrons. The summed E-state index contributed by atoms with van der Waals surface area (Å²) in [6.45, 7) is 4.59. The lowest BCUT2D eigenvalue weighted by atomic mass is 9.95. The SMILES string of the molecule is COCCN(CC1CCN(Cc2ccccc2F)CC1)C(=O)Cn1cccn1. The molecule has 28 heavy (non-hydrogen) atoms. The molecule has 3 rings (SSSR count). The number of carbonyl (C=O) groups is 1. The Balaban J connectivity index is 1.50. The molecule has 2 heterocycles. The van der Waals surface area contributed by atoms with Gasteiger partial charge in [-0.15, -0.1) is 0 Å². The van der Waals surface area contributed by atoms with Gasteiger partial charge in [-0.05, 0) is 44.0 Å². The van der Waals surface area contributed by atoms with Crippen LogP contribution in [-0.4, -0.2) is 65.4 Å². The summed E-state index contributed by atoms with van der Waals surface area (Å²) in [6, 6.07) is 8.78. The molecule has 1 aliphatic rings. The van der Waals surface area contributed by atoms with Crippen molar-refractivity contribution in [2.75, 3.05) is 39.9 Å². The summed E-state index contributed by atoms with van der Waals surface area (Å²) in [7, 11) is 1.65. The predicted octanol–water partition coefficient (Wildman–Crippen LogP) is 2.41. The van der Waals surface area contributed by atoms with Crippen LogP contribution < -0.4 is 0 Å². The highest BCUT2D eigenvalue weighted by Gasteiger charge is 2.24. The molecule has 1 aromatic heterocycles. The number of benzene rings is 1. The molecule has 0 radical (unpaired) electrons. The number of aromatic nitrogens is 2. The van der Waals surface area contributed by atoms with Gasteiger partial charge in [0.2, 0.25) is 5.91 Å². The van der Waals surface area contributed by atoms with Crippen molar-refractivity contribution in [3.05, 3.63) is 54.1 Å². The Kier molecular flexibility index (Phi) is 7.56. The third kappa shape index (κ3) is 5.87. The summed E-state index contributed by atoms with van der Waals surface area (Å²) >= 11 is 0. The van der Waals surface area contributed by atoms with E-state index in [0.717, 1.165) is 38.0 Å². The number of ether oxygens (including phenoxy) is 1. The Hall–Kier alpha value is -2.25. The predicted molar refractivity (Wildman–Crippen MR) is 105 cm³/mol. The van der Waals surface area contributed by atoms with Crippen LogP contribution in [0.4, 0.5) is 4.39 Å². The molecule has 0 saturated carbocycles.